The Kier molecular flexibility index (Phi) is 5.27. The van der Waals surface area contributed by atoms with Gasteiger partial charge in [0.15, 0.2) is 5.11 Å². The highest BCUT2D eigenvalue weighted by molar-refractivity contribution is 7.80. The van der Waals surface area contributed by atoms with Gasteiger partial charge in [-0.25, -0.2) is 4.79 Å². The van der Waals surface area contributed by atoms with Gasteiger partial charge in [0, 0.05) is 10.0 Å². The van der Waals surface area contributed by atoms with Crippen LogP contribution in [-0.2, 0) is 9.53 Å². The zero-order valence-corrected chi connectivity index (χ0v) is 15.5. The molecular weight excluding hydrogens is 379 g/mol. The number of rotatable bonds is 3. The van der Waals surface area contributed by atoms with Gasteiger partial charge in [0.2, 0.25) is 0 Å². The number of carbonyl (C=O) groups is 1. The maximum absolute atomic E-state index is 12.5. The first kappa shape index (κ1) is 17.7. The first-order valence-corrected chi connectivity index (χ1v) is 8.58. The fraction of sp³-hybridized carbons (Fsp3) is 0.111. The van der Waals surface area contributed by atoms with E-state index in [9.17, 15) is 4.79 Å². The Bertz CT molecular complexity index is 866. The van der Waals surface area contributed by atoms with Crippen molar-refractivity contribution in [1.82, 2.24) is 10.6 Å². The second kappa shape index (κ2) is 7.44. The lowest BCUT2D eigenvalue weighted by molar-refractivity contribution is -0.136. The monoisotopic (exact) mass is 392 g/mol. The number of thiocarbonyl (C=S) groups is 1. The molecule has 0 saturated heterocycles. The van der Waals surface area contributed by atoms with E-state index >= 15 is 0 Å². The van der Waals surface area contributed by atoms with Crippen molar-refractivity contribution < 1.29 is 9.53 Å². The smallest absolute Gasteiger partial charge is 0.338 e. The lowest BCUT2D eigenvalue weighted by Gasteiger charge is -2.31. The number of methoxy groups -OCH3 is 1. The number of hydrogen-bond acceptors (Lipinski definition) is 3. The summed E-state index contributed by atoms with van der Waals surface area (Å²) in [5, 5.41) is 7.67. The first-order valence-electron chi connectivity index (χ1n) is 7.41. The second-order valence-electron chi connectivity index (χ2n) is 5.34. The van der Waals surface area contributed by atoms with Crippen LogP contribution in [0, 0.1) is 0 Å². The van der Waals surface area contributed by atoms with Crippen LogP contribution in [0.25, 0.3) is 5.70 Å². The molecule has 3 rings (SSSR count). The Labute approximate surface area is 160 Å². The molecule has 0 aliphatic carbocycles. The summed E-state index contributed by atoms with van der Waals surface area (Å²) < 4.78 is 5.00. The molecule has 2 aromatic carbocycles. The number of halogens is 2. The third kappa shape index (κ3) is 3.63. The summed E-state index contributed by atoms with van der Waals surface area (Å²) in [7, 11) is 1.34. The third-order valence-electron chi connectivity index (χ3n) is 3.83. The molecule has 0 radical (unpaired) electrons. The van der Waals surface area contributed by atoms with E-state index in [2.05, 4.69) is 10.6 Å². The van der Waals surface area contributed by atoms with E-state index in [1.54, 1.807) is 18.2 Å². The molecule has 1 aliphatic heterocycles. The van der Waals surface area contributed by atoms with Crippen molar-refractivity contribution in [2.24, 2.45) is 0 Å². The maximum atomic E-state index is 12.5. The minimum absolute atomic E-state index is 0.391. The molecule has 1 aliphatic rings. The lowest BCUT2D eigenvalue weighted by atomic mass is 9.93. The summed E-state index contributed by atoms with van der Waals surface area (Å²) in [5.41, 5.74) is 2.47. The van der Waals surface area contributed by atoms with Gasteiger partial charge in [-0.15, -0.1) is 0 Å². The van der Waals surface area contributed by atoms with Gasteiger partial charge in [-0.1, -0.05) is 53.5 Å². The maximum Gasteiger partial charge on any atom is 0.338 e. The average Bonchev–Trinajstić information content (AvgIpc) is 2.61. The summed E-state index contributed by atoms with van der Waals surface area (Å²) in [6, 6.07) is 13.9. The van der Waals surface area contributed by atoms with Crippen LogP contribution in [0.2, 0.25) is 10.0 Å². The van der Waals surface area contributed by atoms with Crippen molar-refractivity contribution in [2.75, 3.05) is 7.11 Å². The van der Waals surface area contributed by atoms with Gasteiger partial charge in [-0.2, -0.15) is 0 Å². The Morgan fingerprint density at radius 2 is 1.80 bits per heavy atom. The van der Waals surface area contributed by atoms with E-state index in [-0.39, 0.29) is 0 Å². The molecule has 7 heteroatoms. The molecule has 2 aromatic rings. The molecule has 1 heterocycles. The molecule has 25 heavy (non-hydrogen) atoms. The van der Waals surface area contributed by atoms with Gasteiger partial charge in [0.1, 0.15) is 0 Å². The Balaban J connectivity index is 2.21. The van der Waals surface area contributed by atoms with Crippen LogP contribution in [0.4, 0.5) is 0 Å². The molecular formula is C18H14Cl2N2O2S. The zero-order valence-electron chi connectivity index (χ0n) is 13.2. The average molecular weight is 393 g/mol. The number of ether oxygens (including phenoxy) is 1. The molecule has 128 valence electrons. The van der Waals surface area contributed by atoms with Gasteiger partial charge >= 0.3 is 5.97 Å². The number of hydrogen-bond donors (Lipinski definition) is 2. The molecule has 0 aromatic heterocycles. The molecule has 2 N–H and O–H groups in total. The molecule has 1 atom stereocenters. The van der Waals surface area contributed by atoms with E-state index in [4.69, 9.17) is 40.2 Å². The van der Waals surface area contributed by atoms with Crippen molar-refractivity contribution in [3.63, 3.8) is 0 Å². The molecule has 0 spiro atoms. The number of benzene rings is 2. The Morgan fingerprint density at radius 3 is 2.44 bits per heavy atom. The van der Waals surface area contributed by atoms with Crippen LogP contribution in [0.1, 0.15) is 17.2 Å². The van der Waals surface area contributed by atoms with Crippen molar-refractivity contribution in [1.29, 1.82) is 0 Å². The standard InChI is InChI=1S/C18H14Cl2N2O2S/c1-24-17(23)14-15(10-6-8-11(19)9-7-10)21-18(25)22-16(14)12-4-2-3-5-13(12)20/h2-9,16H,1H3,(H2,21,22,25). The molecule has 0 amide bonds. The second-order valence-corrected chi connectivity index (χ2v) is 6.59. The van der Waals surface area contributed by atoms with Gasteiger partial charge in [0.05, 0.1) is 24.4 Å². The van der Waals surface area contributed by atoms with E-state index in [0.717, 1.165) is 11.1 Å². The normalized spacial score (nSPS) is 16.9. The lowest BCUT2D eigenvalue weighted by Crippen LogP contribution is -2.45. The minimum Gasteiger partial charge on any atom is -0.466 e. The summed E-state index contributed by atoms with van der Waals surface area (Å²) in [6.45, 7) is 0. The van der Waals surface area contributed by atoms with Crippen molar-refractivity contribution in [2.45, 2.75) is 6.04 Å². The fourth-order valence-electron chi connectivity index (χ4n) is 2.68. The number of esters is 1. The molecule has 1 unspecified atom stereocenters. The van der Waals surface area contributed by atoms with Crippen LogP contribution in [0.15, 0.2) is 54.1 Å². The van der Waals surface area contributed by atoms with E-state index in [0.29, 0.717) is 26.4 Å². The van der Waals surface area contributed by atoms with Crippen LogP contribution >= 0.6 is 35.4 Å². The minimum atomic E-state index is -0.527. The largest absolute Gasteiger partial charge is 0.466 e. The SMILES string of the molecule is COC(=O)C1=C(c2ccc(Cl)cc2)NC(=S)NC1c1ccccc1Cl. The van der Waals surface area contributed by atoms with Gasteiger partial charge in [-0.05, 0) is 41.5 Å². The highest BCUT2D eigenvalue weighted by atomic mass is 35.5. The Morgan fingerprint density at radius 1 is 1.12 bits per heavy atom. The van der Waals surface area contributed by atoms with Gasteiger partial charge in [0.25, 0.3) is 0 Å². The van der Waals surface area contributed by atoms with Crippen molar-refractivity contribution in [3.05, 3.63) is 75.3 Å². The highest BCUT2D eigenvalue weighted by Gasteiger charge is 2.33. The predicted octanol–water partition coefficient (Wildman–Crippen LogP) is 4.10. The van der Waals surface area contributed by atoms with Crippen LogP contribution in [0.3, 0.4) is 0 Å². The van der Waals surface area contributed by atoms with E-state index in [1.165, 1.54) is 7.11 Å². The number of carbonyl (C=O) groups excluding carboxylic acids is 1. The number of nitrogens with one attached hydrogen (secondary N) is 2. The van der Waals surface area contributed by atoms with Crippen LogP contribution < -0.4 is 10.6 Å². The summed E-state index contributed by atoms with van der Waals surface area (Å²) in [4.78, 5) is 12.5. The van der Waals surface area contributed by atoms with E-state index in [1.807, 2.05) is 30.3 Å². The summed E-state index contributed by atoms with van der Waals surface area (Å²) in [6.07, 6.45) is 0. The molecule has 0 fully saturated rings. The quantitative estimate of drug-likeness (QED) is 0.608. The van der Waals surface area contributed by atoms with Crippen molar-refractivity contribution >= 4 is 52.2 Å². The van der Waals surface area contributed by atoms with E-state index < -0.39 is 12.0 Å². The molecule has 0 bridgehead atoms. The predicted molar refractivity (Wildman–Crippen MR) is 103 cm³/mol. The van der Waals surface area contributed by atoms with Crippen LogP contribution in [0.5, 0.6) is 0 Å². The summed E-state index contributed by atoms with van der Waals surface area (Å²) in [5.74, 6) is -0.475. The first-order chi connectivity index (χ1) is 12.0. The summed E-state index contributed by atoms with van der Waals surface area (Å²) >= 11 is 17.6. The van der Waals surface area contributed by atoms with Gasteiger partial charge < -0.3 is 15.4 Å². The van der Waals surface area contributed by atoms with Crippen LogP contribution in [-0.4, -0.2) is 18.2 Å². The molecule has 4 nitrogen and oxygen atoms in total. The highest BCUT2D eigenvalue weighted by Crippen LogP contribution is 2.35. The Hall–Kier alpha value is -2.08. The van der Waals surface area contributed by atoms with Gasteiger partial charge in [-0.3, -0.25) is 0 Å². The topological polar surface area (TPSA) is 50.4 Å². The zero-order chi connectivity index (χ0) is 18.0. The molecule has 0 saturated carbocycles. The third-order valence-corrected chi connectivity index (χ3v) is 4.64. The fourth-order valence-corrected chi connectivity index (χ4v) is 3.27. The van der Waals surface area contributed by atoms with Crippen molar-refractivity contribution in [3.8, 4) is 0 Å².